The van der Waals surface area contributed by atoms with Crippen molar-refractivity contribution >= 4 is 0 Å². The van der Waals surface area contributed by atoms with E-state index in [4.69, 9.17) is 10.5 Å². The largest absolute Gasteiger partial charge is 0.481 e. The Balaban J connectivity index is 2.22. The van der Waals surface area contributed by atoms with Gasteiger partial charge in [0.2, 0.25) is 5.88 Å². The molecule has 0 aliphatic carbocycles. The van der Waals surface area contributed by atoms with Gasteiger partial charge in [-0.1, -0.05) is 6.07 Å². The Morgan fingerprint density at radius 3 is 3.00 bits per heavy atom. The summed E-state index contributed by atoms with van der Waals surface area (Å²) in [6, 6.07) is 3.90. The SMILES string of the molecule is COc1ncccc1Cn1ccnc1CCN. The van der Waals surface area contributed by atoms with Gasteiger partial charge in [-0.2, -0.15) is 0 Å². The normalized spacial score (nSPS) is 10.5. The second kappa shape index (κ2) is 5.45. The first kappa shape index (κ1) is 11.6. The zero-order chi connectivity index (χ0) is 12.1. The third kappa shape index (κ3) is 2.62. The van der Waals surface area contributed by atoms with Crippen LogP contribution in [0.3, 0.4) is 0 Å². The lowest BCUT2D eigenvalue weighted by Gasteiger charge is -2.09. The van der Waals surface area contributed by atoms with Gasteiger partial charge in [0.1, 0.15) is 5.82 Å². The van der Waals surface area contributed by atoms with Crippen LogP contribution in [0.2, 0.25) is 0 Å². The Bertz CT molecular complexity index is 481. The Labute approximate surface area is 100 Å². The third-order valence-corrected chi connectivity index (χ3v) is 2.55. The fourth-order valence-electron chi connectivity index (χ4n) is 1.75. The zero-order valence-electron chi connectivity index (χ0n) is 9.84. The van der Waals surface area contributed by atoms with E-state index in [0.717, 1.165) is 17.8 Å². The van der Waals surface area contributed by atoms with Gasteiger partial charge in [-0.25, -0.2) is 9.97 Å². The van der Waals surface area contributed by atoms with Crippen molar-refractivity contribution < 1.29 is 4.74 Å². The fraction of sp³-hybridized carbons (Fsp3) is 0.333. The lowest BCUT2D eigenvalue weighted by atomic mass is 10.2. The molecule has 0 amide bonds. The molecule has 0 bridgehead atoms. The van der Waals surface area contributed by atoms with Gasteiger partial charge in [0, 0.05) is 30.6 Å². The van der Waals surface area contributed by atoms with Crippen LogP contribution in [0.4, 0.5) is 0 Å². The molecule has 0 spiro atoms. The highest BCUT2D eigenvalue weighted by Gasteiger charge is 2.07. The maximum atomic E-state index is 5.55. The lowest BCUT2D eigenvalue weighted by Crippen LogP contribution is -2.11. The number of hydrogen-bond acceptors (Lipinski definition) is 4. The molecule has 90 valence electrons. The van der Waals surface area contributed by atoms with Gasteiger partial charge >= 0.3 is 0 Å². The lowest BCUT2D eigenvalue weighted by molar-refractivity contribution is 0.391. The molecule has 2 heterocycles. The number of hydrogen-bond donors (Lipinski definition) is 1. The fourth-order valence-corrected chi connectivity index (χ4v) is 1.75. The molecule has 0 aromatic carbocycles. The number of ether oxygens (including phenoxy) is 1. The second-order valence-electron chi connectivity index (χ2n) is 3.68. The van der Waals surface area contributed by atoms with E-state index in [0.29, 0.717) is 19.0 Å². The van der Waals surface area contributed by atoms with Crippen LogP contribution in [-0.2, 0) is 13.0 Å². The van der Waals surface area contributed by atoms with E-state index < -0.39 is 0 Å². The summed E-state index contributed by atoms with van der Waals surface area (Å²) in [6.07, 6.45) is 6.22. The first-order chi connectivity index (χ1) is 8.35. The minimum Gasteiger partial charge on any atom is -0.481 e. The molecule has 0 radical (unpaired) electrons. The molecule has 0 unspecified atom stereocenters. The van der Waals surface area contributed by atoms with Crippen LogP contribution >= 0.6 is 0 Å². The maximum absolute atomic E-state index is 5.55. The number of methoxy groups -OCH3 is 1. The van der Waals surface area contributed by atoms with E-state index in [9.17, 15) is 0 Å². The van der Waals surface area contributed by atoms with Gasteiger partial charge in [-0.15, -0.1) is 0 Å². The molecule has 0 atom stereocenters. The quantitative estimate of drug-likeness (QED) is 0.829. The Morgan fingerprint density at radius 2 is 2.24 bits per heavy atom. The van der Waals surface area contributed by atoms with Gasteiger partial charge in [0.05, 0.1) is 13.7 Å². The van der Waals surface area contributed by atoms with E-state index in [-0.39, 0.29) is 0 Å². The molecule has 5 heteroatoms. The minimum absolute atomic E-state index is 0.598. The Kier molecular flexibility index (Phi) is 3.72. The summed E-state index contributed by atoms with van der Waals surface area (Å²) in [5.74, 6) is 1.64. The average Bonchev–Trinajstić information content (AvgIpc) is 2.78. The molecule has 2 rings (SSSR count). The monoisotopic (exact) mass is 232 g/mol. The summed E-state index contributed by atoms with van der Waals surface area (Å²) in [5, 5.41) is 0. The number of rotatable bonds is 5. The van der Waals surface area contributed by atoms with E-state index in [1.54, 1.807) is 19.5 Å². The smallest absolute Gasteiger partial charge is 0.218 e. The summed E-state index contributed by atoms with van der Waals surface area (Å²) in [5.41, 5.74) is 6.58. The van der Waals surface area contributed by atoms with Crippen molar-refractivity contribution in [2.75, 3.05) is 13.7 Å². The van der Waals surface area contributed by atoms with Crippen LogP contribution in [-0.4, -0.2) is 28.2 Å². The van der Waals surface area contributed by atoms with Gasteiger partial charge in [0.25, 0.3) is 0 Å². The van der Waals surface area contributed by atoms with Gasteiger partial charge in [0.15, 0.2) is 0 Å². The van der Waals surface area contributed by atoms with Crippen molar-refractivity contribution in [2.45, 2.75) is 13.0 Å². The maximum Gasteiger partial charge on any atom is 0.218 e. The number of nitrogens with zero attached hydrogens (tertiary/aromatic N) is 3. The van der Waals surface area contributed by atoms with Crippen LogP contribution in [0.1, 0.15) is 11.4 Å². The minimum atomic E-state index is 0.598. The molecule has 2 aromatic heterocycles. The summed E-state index contributed by atoms with van der Waals surface area (Å²) in [4.78, 5) is 8.45. The van der Waals surface area contributed by atoms with Crippen molar-refractivity contribution in [1.82, 2.24) is 14.5 Å². The molecule has 0 saturated heterocycles. The van der Waals surface area contributed by atoms with E-state index in [1.165, 1.54) is 0 Å². The molecule has 0 fully saturated rings. The van der Waals surface area contributed by atoms with Gasteiger partial charge < -0.3 is 15.0 Å². The van der Waals surface area contributed by atoms with Crippen molar-refractivity contribution in [3.8, 4) is 5.88 Å². The second-order valence-corrected chi connectivity index (χ2v) is 3.68. The average molecular weight is 232 g/mol. The van der Waals surface area contributed by atoms with E-state index in [1.807, 2.05) is 18.3 Å². The Morgan fingerprint density at radius 1 is 1.35 bits per heavy atom. The molecular weight excluding hydrogens is 216 g/mol. The molecule has 0 aliphatic rings. The number of pyridine rings is 1. The van der Waals surface area contributed by atoms with Crippen LogP contribution in [0.25, 0.3) is 0 Å². The highest BCUT2D eigenvalue weighted by molar-refractivity contribution is 5.25. The first-order valence-electron chi connectivity index (χ1n) is 5.53. The van der Waals surface area contributed by atoms with Gasteiger partial charge in [-0.3, -0.25) is 0 Å². The number of imidazole rings is 1. The number of aromatic nitrogens is 3. The molecular formula is C12H16N4O. The van der Waals surface area contributed by atoms with Crippen LogP contribution in [0.15, 0.2) is 30.7 Å². The summed E-state index contributed by atoms with van der Waals surface area (Å²) < 4.78 is 7.29. The topological polar surface area (TPSA) is 66.0 Å². The number of nitrogens with two attached hydrogens (primary N) is 1. The summed E-state index contributed by atoms with van der Waals surface area (Å²) in [6.45, 7) is 1.30. The van der Waals surface area contributed by atoms with Crippen molar-refractivity contribution in [3.63, 3.8) is 0 Å². The van der Waals surface area contributed by atoms with E-state index in [2.05, 4.69) is 14.5 Å². The van der Waals surface area contributed by atoms with Crippen molar-refractivity contribution in [2.24, 2.45) is 5.73 Å². The first-order valence-corrected chi connectivity index (χ1v) is 5.53. The molecule has 0 aliphatic heterocycles. The Hall–Kier alpha value is -1.88. The molecule has 2 aromatic rings. The standard InChI is InChI=1S/C12H16N4O/c1-17-12-10(3-2-6-15-12)9-16-8-7-14-11(16)4-5-13/h2-3,6-8H,4-5,9,13H2,1H3. The molecule has 17 heavy (non-hydrogen) atoms. The summed E-state index contributed by atoms with van der Waals surface area (Å²) >= 11 is 0. The van der Waals surface area contributed by atoms with Crippen molar-refractivity contribution in [1.29, 1.82) is 0 Å². The van der Waals surface area contributed by atoms with E-state index >= 15 is 0 Å². The van der Waals surface area contributed by atoms with Crippen LogP contribution in [0.5, 0.6) is 5.88 Å². The molecule has 2 N–H and O–H groups in total. The molecule has 5 nitrogen and oxygen atoms in total. The van der Waals surface area contributed by atoms with Crippen molar-refractivity contribution in [3.05, 3.63) is 42.1 Å². The predicted molar refractivity (Wildman–Crippen MR) is 64.9 cm³/mol. The predicted octanol–water partition coefficient (Wildman–Crippen LogP) is 0.836. The summed E-state index contributed by atoms with van der Waals surface area (Å²) in [7, 11) is 1.63. The zero-order valence-corrected chi connectivity index (χ0v) is 9.84. The van der Waals surface area contributed by atoms with Crippen LogP contribution in [0, 0.1) is 0 Å². The van der Waals surface area contributed by atoms with Gasteiger partial charge in [-0.05, 0) is 12.6 Å². The highest BCUT2D eigenvalue weighted by Crippen LogP contribution is 2.15. The third-order valence-electron chi connectivity index (χ3n) is 2.55. The highest BCUT2D eigenvalue weighted by atomic mass is 16.5. The molecule has 0 saturated carbocycles. The van der Waals surface area contributed by atoms with Crippen LogP contribution < -0.4 is 10.5 Å².